The molecule has 1 aliphatic rings. The lowest BCUT2D eigenvalue weighted by Gasteiger charge is -2.08. The lowest BCUT2D eigenvalue weighted by atomic mass is 10.0. The topological polar surface area (TPSA) is 42.0 Å². The van der Waals surface area contributed by atoms with Gasteiger partial charge in [-0.1, -0.05) is 17.7 Å². The van der Waals surface area contributed by atoms with E-state index in [9.17, 15) is 9.18 Å². The van der Waals surface area contributed by atoms with E-state index in [4.69, 9.17) is 0 Å². The van der Waals surface area contributed by atoms with Crippen molar-refractivity contribution in [3.8, 4) is 0 Å². The monoisotopic (exact) mass is 296 g/mol. The third-order valence-corrected chi connectivity index (χ3v) is 3.92. The summed E-state index contributed by atoms with van der Waals surface area (Å²) in [6, 6.07) is 8.55. The van der Waals surface area contributed by atoms with Crippen molar-refractivity contribution < 1.29 is 9.18 Å². The molecule has 0 saturated carbocycles. The fraction of sp³-hybridized carbons (Fsp3) is 0.222. The fourth-order valence-electron chi connectivity index (χ4n) is 2.78. The second kappa shape index (κ2) is 6.10. The van der Waals surface area contributed by atoms with Gasteiger partial charge in [-0.2, -0.15) is 0 Å². The minimum atomic E-state index is -0.262. The van der Waals surface area contributed by atoms with Gasteiger partial charge in [0.15, 0.2) is 0 Å². The van der Waals surface area contributed by atoms with Crippen LogP contribution in [0.15, 0.2) is 48.3 Å². The predicted octanol–water partition coefficient (Wildman–Crippen LogP) is 3.26. The molecule has 1 amide bonds. The number of allylic oxidation sites excluding steroid dienone is 1. The van der Waals surface area contributed by atoms with E-state index in [2.05, 4.69) is 10.3 Å². The zero-order valence-electron chi connectivity index (χ0n) is 12.4. The van der Waals surface area contributed by atoms with E-state index < -0.39 is 0 Å². The number of carbonyl (C=O) groups is 1. The van der Waals surface area contributed by atoms with Gasteiger partial charge in [0.25, 0.3) is 0 Å². The summed E-state index contributed by atoms with van der Waals surface area (Å²) < 4.78 is 13.4. The summed E-state index contributed by atoms with van der Waals surface area (Å²) in [4.78, 5) is 16.2. The number of amides is 1. The van der Waals surface area contributed by atoms with Crippen molar-refractivity contribution >= 4 is 11.5 Å². The Morgan fingerprint density at radius 2 is 2.23 bits per heavy atom. The van der Waals surface area contributed by atoms with Crippen LogP contribution in [0.5, 0.6) is 0 Å². The zero-order chi connectivity index (χ0) is 15.5. The Labute approximate surface area is 128 Å². The summed E-state index contributed by atoms with van der Waals surface area (Å²) in [5, 5.41) is 2.88. The molecule has 0 saturated heterocycles. The second-order valence-corrected chi connectivity index (χ2v) is 5.55. The van der Waals surface area contributed by atoms with Crippen LogP contribution in [0.3, 0.4) is 0 Å². The number of carbonyl (C=O) groups excluding carboxylic acids is 1. The molecule has 0 bridgehead atoms. The van der Waals surface area contributed by atoms with E-state index in [1.54, 1.807) is 18.5 Å². The van der Waals surface area contributed by atoms with Crippen LogP contribution in [-0.2, 0) is 17.8 Å². The Kier molecular flexibility index (Phi) is 4.00. The van der Waals surface area contributed by atoms with Crippen molar-refractivity contribution in [1.29, 1.82) is 0 Å². The number of fused-ring (bicyclic) bond motifs is 1. The smallest absolute Gasteiger partial charge is 0.224 e. The van der Waals surface area contributed by atoms with E-state index >= 15 is 0 Å². The third kappa shape index (κ3) is 3.06. The van der Waals surface area contributed by atoms with Crippen molar-refractivity contribution in [2.75, 3.05) is 0 Å². The molecule has 2 aromatic rings. The van der Waals surface area contributed by atoms with Gasteiger partial charge >= 0.3 is 0 Å². The van der Waals surface area contributed by atoms with Crippen LogP contribution >= 0.6 is 0 Å². The molecule has 1 aromatic carbocycles. The van der Waals surface area contributed by atoms with E-state index in [1.807, 2.05) is 19.1 Å². The van der Waals surface area contributed by atoms with Crippen molar-refractivity contribution in [2.24, 2.45) is 0 Å². The molecule has 1 heterocycles. The number of hydrogen-bond donors (Lipinski definition) is 1. The Morgan fingerprint density at radius 1 is 1.36 bits per heavy atom. The second-order valence-electron chi connectivity index (χ2n) is 5.55. The highest BCUT2D eigenvalue weighted by atomic mass is 19.1. The van der Waals surface area contributed by atoms with Gasteiger partial charge in [0.2, 0.25) is 5.91 Å². The Morgan fingerprint density at radius 3 is 3.00 bits per heavy atom. The molecule has 0 fully saturated rings. The van der Waals surface area contributed by atoms with Crippen LogP contribution in [0.4, 0.5) is 4.39 Å². The quantitative estimate of drug-likeness (QED) is 0.941. The lowest BCUT2D eigenvalue weighted by molar-refractivity contribution is -0.120. The standard InChI is InChI=1S/C18H17FN2O/c1-12-7-14-4-5-15(19)8-17(14)16(12)9-18(22)21-11-13-3-2-6-20-10-13/h2-6,8,10H,7,9,11H2,1H3,(H,21,22). The summed E-state index contributed by atoms with van der Waals surface area (Å²) in [6.07, 6.45) is 4.50. The molecule has 3 rings (SSSR count). The predicted molar refractivity (Wildman–Crippen MR) is 83.4 cm³/mol. The number of benzene rings is 1. The van der Waals surface area contributed by atoms with Crippen molar-refractivity contribution in [1.82, 2.24) is 10.3 Å². The maximum atomic E-state index is 13.4. The number of halogens is 1. The fourth-order valence-corrected chi connectivity index (χ4v) is 2.78. The molecule has 0 radical (unpaired) electrons. The first-order chi connectivity index (χ1) is 10.6. The van der Waals surface area contributed by atoms with Gasteiger partial charge in [0, 0.05) is 18.9 Å². The maximum Gasteiger partial charge on any atom is 0.224 e. The molecular weight excluding hydrogens is 279 g/mol. The van der Waals surface area contributed by atoms with E-state index in [0.717, 1.165) is 34.3 Å². The normalized spacial score (nSPS) is 13.2. The van der Waals surface area contributed by atoms with Crippen molar-refractivity contribution in [2.45, 2.75) is 26.3 Å². The lowest BCUT2D eigenvalue weighted by Crippen LogP contribution is -2.22. The summed E-state index contributed by atoms with van der Waals surface area (Å²) in [6.45, 7) is 2.46. The minimum Gasteiger partial charge on any atom is -0.352 e. The van der Waals surface area contributed by atoms with Crippen LogP contribution in [0.1, 0.15) is 30.0 Å². The highest BCUT2D eigenvalue weighted by molar-refractivity contribution is 5.91. The first-order valence-electron chi connectivity index (χ1n) is 7.26. The van der Waals surface area contributed by atoms with Gasteiger partial charge in [-0.25, -0.2) is 4.39 Å². The average Bonchev–Trinajstić information content (AvgIpc) is 2.82. The van der Waals surface area contributed by atoms with Crippen LogP contribution in [0, 0.1) is 5.82 Å². The number of pyridine rings is 1. The molecule has 1 aliphatic carbocycles. The summed E-state index contributed by atoms with van der Waals surface area (Å²) in [5.74, 6) is -0.322. The highest BCUT2D eigenvalue weighted by Gasteiger charge is 2.21. The van der Waals surface area contributed by atoms with Crippen molar-refractivity contribution in [3.05, 3.63) is 70.8 Å². The summed E-state index contributed by atoms with van der Waals surface area (Å²) in [7, 11) is 0. The van der Waals surface area contributed by atoms with E-state index in [1.165, 1.54) is 12.1 Å². The van der Waals surface area contributed by atoms with Gasteiger partial charge in [-0.05, 0) is 53.8 Å². The number of aromatic nitrogens is 1. The average molecular weight is 296 g/mol. The maximum absolute atomic E-state index is 13.4. The third-order valence-electron chi connectivity index (χ3n) is 3.92. The van der Waals surface area contributed by atoms with Crippen LogP contribution < -0.4 is 5.32 Å². The zero-order valence-corrected chi connectivity index (χ0v) is 12.4. The molecule has 1 N–H and O–H groups in total. The summed E-state index contributed by atoms with van der Waals surface area (Å²) in [5.41, 5.74) is 5.00. The first-order valence-corrected chi connectivity index (χ1v) is 7.26. The Balaban J connectivity index is 1.67. The Hall–Kier alpha value is -2.49. The summed E-state index contributed by atoms with van der Waals surface area (Å²) >= 11 is 0. The molecule has 3 nitrogen and oxygen atoms in total. The highest BCUT2D eigenvalue weighted by Crippen LogP contribution is 2.35. The SMILES string of the molecule is CC1=C(CC(=O)NCc2cccnc2)c2cc(F)ccc2C1. The molecule has 0 atom stereocenters. The van der Waals surface area contributed by atoms with Gasteiger partial charge in [0.05, 0.1) is 6.42 Å². The van der Waals surface area contributed by atoms with Crippen LogP contribution in [-0.4, -0.2) is 10.9 Å². The number of hydrogen-bond acceptors (Lipinski definition) is 2. The van der Waals surface area contributed by atoms with Gasteiger partial charge in [0.1, 0.15) is 5.82 Å². The molecule has 1 aromatic heterocycles. The van der Waals surface area contributed by atoms with Crippen molar-refractivity contribution in [3.63, 3.8) is 0 Å². The van der Waals surface area contributed by atoms with Crippen LogP contribution in [0.25, 0.3) is 5.57 Å². The molecule has 0 unspecified atom stereocenters. The molecular formula is C18H17FN2O. The van der Waals surface area contributed by atoms with Crippen LogP contribution in [0.2, 0.25) is 0 Å². The molecule has 112 valence electrons. The van der Waals surface area contributed by atoms with E-state index in [-0.39, 0.29) is 18.1 Å². The number of rotatable bonds is 4. The molecule has 0 spiro atoms. The number of nitrogens with zero attached hydrogens (tertiary/aromatic N) is 1. The van der Waals surface area contributed by atoms with E-state index in [0.29, 0.717) is 6.54 Å². The molecule has 22 heavy (non-hydrogen) atoms. The minimum absolute atomic E-state index is 0.0599. The Bertz CT molecular complexity index is 738. The number of nitrogens with one attached hydrogen (secondary N) is 1. The van der Waals surface area contributed by atoms with Gasteiger partial charge in [-0.3, -0.25) is 9.78 Å². The van der Waals surface area contributed by atoms with Gasteiger partial charge < -0.3 is 5.32 Å². The first kappa shape index (κ1) is 14.4. The van der Waals surface area contributed by atoms with Gasteiger partial charge in [-0.15, -0.1) is 0 Å². The largest absolute Gasteiger partial charge is 0.352 e. The molecule has 0 aliphatic heterocycles. The molecule has 4 heteroatoms.